The molecular formula is C41H58F3N5O8S. The molecule has 3 N–H and O–H groups in total. The molecule has 322 valence electrons. The van der Waals surface area contributed by atoms with Crippen LogP contribution < -0.4 is 15.4 Å². The fourth-order valence-electron chi connectivity index (χ4n) is 6.09. The SMILES string of the molecule is C/C(=C\[C@H](C(C)C)N(C)C(=O)[C@@H](NC(=O)[C@@H](N(C)C(=O)OC(C)(C)C)C(C)(C)c1ccccc1)C(C)(C)C)C(=O)NS(=O)(=O)c1ccc(CNC(=O)C(F)(F)F)cc1. The smallest absolute Gasteiger partial charge is 0.444 e. The van der Waals surface area contributed by atoms with Crippen molar-refractivity contribution in [2.24, 2.45) is 11.3 Å². The second-order valence-corrected chi connectivity index (χ2v) is 18.9. The number of nitrogens with zero attached hydrogens (tertiary/aromatic N) is 2. The minimum Gasteiger partial charge on any atom is -0.444 e. The second-order valence-electron chi connectivity index (χ2n) is 17.2. The Morgan fingerprint density at radius 2 is 1.36 bits per heavy atom. The molecule has 5 amide bonds. The quantitative estimate of drug-likeness (QED) is 0.199. The molecule has 0 saturated heterocycles. The largest absolute Gasteiger partial charge is 0.471 e. The van der Waals surface area contributed by atoms with E-state index >= 15 is 0 Å². The first-order valence-electron chi connectivity index (χ1n) is 18.6. The standard InChI is InChI=1S/C41H58F3N5O8S/c1-25(2)30(23-26(3)33(50)47-58(55,56)29-21-19-27(20-22-29)24-45-36(53)41(42,43)44)48(12)35(52)31(38(4,5)6)46-34(51)32(49(13)37(54)57-39(7,8)9)40(10,11)28-17-15-14-16-18-28/h14-23,25,30-32H,24H2,1-13H3,(H,45,53)(H,46,51)(H,47,50)/b26-23+/t30-,31-,32-/m1/s1. The summed E-state index contributed by atoms with van der Waals surface area (Å²) in [6.45, 7) is 18.5. The Kier molecular flexibility index (Phi) is 15.9. The first-order valence-corrected chi connectivity index (χ1v) is 20.1. The third-order valence-corrected chi connectivity index (χ3v) is 10.7. The maximum atomic E-state index is 14.5. The van der Waals surface area contributed by atoms with E-state index in [1.165, 1.54) is 49.0 Å². The Bertz CT molecular complexity index is 1940. The number of ether oxygens (including phenoxy) is 1. The van der Waals surface area contributed by atoms with Gasteiger partial charge < -0.3 is 20.3 Å². The second kappa shape index (κ2) is 18.8. The van der Waals surface area contributed by atoms with Gasteiger partial charge in [0.15, 0.2) is 0 Å². The van der Waals surface area contributed by atoms with E-state index in [1.807, 2.05) is 48.9 Å². The zero-order chi connectivity index (χ0) is 44.8. The van der Waals surface area contributed by atoms with Crippen molar-refractivity contribution in [3.8, 4) is 0 Å². The number of likely N-dealkylation sites (N-methyl/N-ethyl adjacent to an activating group) is 2. The van der Waals surface area contributed by atoms with Crippen molar-refractivity contribution in [1.29, 1.82) is 0 Å². The minimum absolute atomic E-state index is 0.0478. The molecule has 0 unspecified atom stereocenters. The number of nitrogens with one attached hydrogen (secondary N) is 3. The summed E-state index contributed by atoms with van der Waals surface area (Å²) in [6.07, 6.45) is -4.37. The number of amides is 5. The van der Waals surface area contributed by atoms with Crippen LogP contribution in [0.4, 0.5) is 18.0 Å². The van der Waals surface area contributed by atoms with Crippen LogP contribution in [0.15, 0.2) is 71.1 Å². The highest BCUT2D eigenvalue weighted by Gasteiger charge is 2.46. The lowest BCUT2D eigenvalue weighted by Crippen LogP contribution is -2.63. The van der Waals surface area contributed by atoms with Crippen LogP contribution in [-0.2, 0) is 45.9 Å². The van der Waals surface area contributed by atoms with E-state index in [2.05, 4.69) is 5.32 Å². The van der Waals surface area contributed by atoms with E-state index in [9.17, 15) is 45.6 Å². The van der Waals surface area contributed by atoms with E-state index in [1.54, 1.807) is 60.7 Å². The molecule has 0 saturated carbocycles. The molecule has 0 fully saturated rings. The number of alkyl halides is 3. The zero-order valence-electron chi connectivity index (χ0n) is 35.5. The third kappa shape index (κ3) is 13.3. The van der Waals surface area contributed by atoms with Crippen LogP contribution >= 0.6 is 0 Å². The van der Waals surface area contributed by atoms with Crippen molar-refractivity contribution in [3.63, 3.8) is 0 Å². The molecule has 0 aromatic heterocycles. The van der Waals surface area contributed by atoms with E-state index in [4.69, 9.17) is 4.74 Å². The van der Waals surface area contributed by atoms with Crippen LogP contribution in [0.5, 0.6) is 0 Å². The van der Waals surface area contributed by atoms with Crippen molar-refractivity contribution in [3.05, 3.63) is 77.4 Å². The lowest BCUT2D eigenvalue weighted by molar-refractivity contribution is -0.173. The summed E-state index contributed by atoms with van der Waals surface area (Å²) in [6, 6.07) is 10.6. The number of hydrogen-bond acceptors (Lipinski definition) is 8. The normalized spacial score (nSPS) is 14.5. The van der Waals surface area contributed by atoms with Gasteiger partial charge in [-0.05, 0) is 62.3 Å². The number of carbonyl (C=O) groups excluding carboxylic acids is 5. The van der Waals surface area contributed by atoms with Gasteiger partial charge in [0.25, 0.3) is 15.9 Å². The summed E-state index contributed by atoms with van der Waals surface area (Å²) in [5.41, 5.74) is -1.80. The van der Waals surface area contributed by atoms with E-state index in [-0.39, 0.29) is 21.9 Å². The number of benzene rings is 2. The molecule has 0 aliphatic heterocycles. The van der Waals surface area contributed by atoms with Gasteiger partial charge in [-0.25, -0.2) is 17.9 Å². The van der Waals surface area contributed by atoms with Crippen LogP contribution in [0.3, 0.4) is 0 Å². The first kappa shape index (κ1) is 49.2. The predicted octanol–water partition coefficient (Wildman–Crippen LogP) is 5.84. The first-order chi connectivity index (χ1) is 26.3. The minimum atomic E-state index is -5.08. The molecule has 17 heteroatoms. The van der Waals surface area contributed by atoms with E-state index in [0.29, 0.717) is 0 Å². The Hall–Kier alpha value is -4.93. The molecular weight excluding hydrogens is 780 g/mol. The van der Waals surface area contributed by atoms with Gasteiger partial charge in [-0.1, -0.05) is 97.0 Å². The van der Waals surface area contributed by atoms with Crippen LogP contribution in [0.2, 0.25) is 0 Å². The Morgan fingerprint density at radius 1 is 0.828 bits per heavy atom. The van der Waals surface area contributed by atoms with Gasteiger partial charge in [0.05, 0.1) is 10.9 Å². The van der Waals surface area contributed by atoms with Crippen molar-refractivity contribution in [1.82, 2.24) is 25.2 Å². The average molecular weight is 838 g/mol. The number of sulfonamides is 1. The van der Waals surface area contributed by atoms with Gasteiger partial charge in [0.2, 0.25) is 11.8 Å². The summed E-state index contributed by atoms with van der Waals surface area (Å²) in [7, 11) is -1.48. The number of halogens is 3. The summed E-state index contributed by atoms with van der Waals surface area (Å²) in [5, 5.41) is 4.61. The highest BCUT2D eigenvalue weighted by atomic mass is 32.2. The fourth-order valence-corrected chi connectivity index (χ4v) is 7.10. The molecule has 2 aromatic rings. The highest BCUT2D eigenvalue weighted by molar-refractivity contribution is 7.90. The number of rotatable bonds is 14. The fraction of sp³-hybridized carbons (Fsp3) is 0.537. The van der Waals surface area contributed by atoms with E-state index < -0.39 is 87.0 Å². The predicted molar refractivity (Wildman–Crippen MR) is 213 cm³/mol. The molecule has 0 aliphatic rings. The Balaban J connectivity index is 2.40. The number of carbonyl (C=O) groups is 5. The molecule has 2 rings (SSSR count). The zero-order valence-corrected chi connectivity index (χ0v) is 36.3. The summed E-state index contributed by atoms with van der Waals surface area (Å²) < 4.78 is 71.3. The number of hydrogen-bond donors (Lipinski definition) is 3. The van der Waals surface area contributed by atoms with Crippen molar-refractivity contribution < 1.29 is 50.3 Å². The maximum Gasteiger partial charge on any atom is 0.471 e. The molecule has 0 bridgehead atoms. The molecule has 0 spiro atoms. The third-order valence-electron chi connectivity index (χ3n) is 9.35. The van der Waals surface area contributed by atoms with Gasteiger partial charge in [0.1, 0.15) is 17.7 Å². The van der Waals surface area contributed by atoms with Gasteiger partial charge in [-0.3, -0.25) is 24.1 Å². The monoisotopic (exact) mass is 837 g/mol. The average Bonchev–Trinajstić information content (AvgIpc) is 3.09. The molecule has 13 nitrogen and oxygen atoms in total. The van der Waals surface area contributed by atoms with Crippen LogP contribution in [0.25, 0.3) is 0 Å². The van der Waals surface area contributed by atoms with Crippen molar-refractivity contribution in [2.75, 3.05) is 14.1 Å². The molecule has 0 aliphatic carbocycles. The summed E-state index contributed by atoms with van der Waals surface area (Å²) in [4.78, 5) is 68.9. The topological polar surface area (TPSA) is 171 Å². The lowest BCUT2D eigenvalue weighted by atomic mass is 9.76. The van der Waals surface area contributed by atoms with Crippen molar-refractivity contribution >= 4 is 39.7 Å². The van der Waals surface area contributed by atoms with Crippen LogP contribution in [0, 0.1) is 11.3 Å². The van der Waals surface area contributed by atoms with Gasteiger partial charge in [-0.2, -0.15) is 13.2 Å². The Labute approximate surface area is 340 Å². The van der Waals surface area contributed by atoms with Gasteiger partial charge >= 0.3 is 18.2 Å². The molecule has 0 heterocycles. The molecule has 58 heavy (non-hydrogen) atoms. The highest BCUT2D eigenvalue weighted by Crippen LogP contribution is 2.32. The van der Waals surface area contributed by atoms with Gasteiger partial charge in [0, 0.05) is 31.6 Å². The van der Waals surface area contributed by atoms with Crippen LogP contribution in [-0.4, -0.2) is 91.9 Å². The van der Waals surface area contributed by atoms with E-state index in [0.717, 1.165) is 17.7 Å². The summed E-state index contributed by atoms with van der Waals surface area (Å²) >= 11 is 0. The maximum absolute atomic E-state index is 14.5. The van der Waals surface area contributed by atoms with Gasteiger partial charge in [-0.15, -0.1) is 0 Å². The lowest BCUT2D eigenvalue weighted by Gasteiger charge is -2.42. The molecule has 0 radical (unpaired) electrons. The molecule has 3 atom stereocenters. The van der Waals surface area contributed by atoms with Crippen LogP contribution in [0.1, 0.15) is 87.3 Å². The summed E-state index contributed by atoms with van der Waals surface area (Å²) in [5.74, 6) is -4.58. The van der Waals surface area contributed by atoms with Crippen molar-refractivity contribution in [2.45, 2.75) is 123 Å². The Morgan fingerprint density at radius 3 is 1.83 bits per heavy atom. The molecule has 2 aromatic carbocycles.